The lowest BCUT2D eigenvalue weighted by molar-refractivity contribution is -0.139. The summed E-state index contributed by atoms with van der Waals surface area (Å²) in [6.45, 7) is 2.09. The van der Waals surface area contributed by atoms with Crippen molar-refractivity contribution in [3.63, 3.8) is 0 Å². The highest BCUT2D eigenvalue weighted by molar-refractivity contribution is 5.90. The van der Waals surface area contributed by atoms with Crippen molar-refractivity contribution < 1.29 is 14.6 Å². The molecule has 18 heavy (non-hydrogen) atoms. The van der Waals surface area contributed by atoms with E-state index in [1.807, 2.05) is 18.2 Å². The van der Waals surface area contributed by atoms with Gasteiger partial charge in [-0.1, -0.05) is 24.3 Å². The number of hydrogen-bond acceptors (Lipinski definition) is 3. The molecule has 0 saturated carbocycles. The monoisotopic (exact) mass is 246 g/mol. The number of ether oxygens (including phenoxy) is 1. The number of benzene rings is 1. The number of rotatable bonds is 3. The van der Waals surface area contributed by atoms with Gasteiger partial charge in [-0.15, -0.1) is 0 Å². The van der Waals surface area contributed by atoms with Gasteiger partial charge >= 0.3 is 5.97 Å². The van der Waals surface area contributed by atoms with Crippen LogP contribution in [0.5, 0.6) is 0 Å². The number of fused-ring (bicyclic) bond motifs is 1. The van der Waals surface area contributed by atoms with E-state index < -0.39 is 5.97 Å². The molecular formula is C15H18O3. The van der Waals surface area contributed by atoms with Crippen LogP contribution >= 0.6 is 0 Å². The molecule has 1 aliphatic carbocycles. The molecular weight excluding hydrogens is 228 g/mol. The largest absolute Gasteiger partial charge is 0.515 e. The smallest absolute Gasteiger partial charge is 0.337 e. The number of aliphatic hydroxyl groups excluding tert-OH is 1. The quantitative estimate of drug-likeness (QED) is 0.506. The summed E-state index contributed by atoms with van der Waals surface area (Å²) in [6, 6.07) is 8.09. The number of carbonyl (C=O) groups is 1. The van der Waals surface area contributed by atoms with Crippen molar-refractivity contribution in [2.75, 3.05) is 6.61 Å². The van der Waals surface area contributed by atoms with E-state index in [1.54, 1.807) is 6.92 Å². The van der Waals surface area contributed by atoms with Crippen LogP contribution in [0.2, 0.25) is 0 Å². The van der Waals surface area contributed by atoms with Gasteiger partial charge in [0.2, 0.25) is 0 Å². The molecule has 3 heteroatoms. The molecule has 0 amide bonds. The summed E-state index contributed by atoms with van der Waals surface area (Å²) in [6.07, 6.45) is 3.85. The molecule has 1 aliphatic rings. The van der Waals surface area contributed by atoms with Gasteiger partial charge in [0.1, 0.15) is 0 Å². The van der Waals surface area contributed by atoms with Crippen LogP contribution in [0, 0.1) is 0 Å². The first-order valence-corrected chi connectivity index (χ1v) is 6.37. The van der Waals surface area contributed by atoms with Crippen molar-refractivity contribution in [1.82, 2.24) is 0 Å². The summed E-state index contributed by atoms with van der Waals surface area (Å²) in [5.74, 6) is -0.458. The molecule has 0 bridgehead atoms. The van der Waals surface area contributed by atoms with Crippen LogP contribution < -0.4 is 0 Å². The fraction of sp³-hybridized carbons (Fsp3) is 0.400. The highest BCUT2D eigenvalue weighted by atomic mass is 16.5. The van der Waals surface area contributed by atoms with Gasteiger partial charge in [0, 0.05) is 5.92 Å². The molecule has 3 nitrogen and oxygen atoms in total. The molecule has 2 rings (SSSR count). The van der Waals surface area contributed by atoms with Crippen LogP contribution in [0.3, 0.4) is 0 Å². The second-order valence-corrected chi connectivity index (χ2v) is 4.45. The number of carbonyl (C=O) groups excluding carboxylic acids is 1. The van der Waals surface area contributed by atoms with Gasteiger partial charge in [-0.3, -0.25) is 0 Å². The minimum Gasteiger partial charge on any atom is -0.515 e. The van der Waals surface area contributed by atoms with E-state index in [0.29, 0.717) is 12.2 Å². The zero-order valence-electron chi connectivity index (χ0n) is 10.6. The van der Waals surface area contributed by atoms with Crippen molar-refractivity contribution in [1.29, 1.82) is 0 Å². The fourth-order valence-electron chi connectivity index (χ4n) is 2.58. The van der Waals surface area contributed by atoms with Crippen LogP contribution in [0.4, 0.5) is 0 Å². The lowest BCUT2D eigenvalue weighted by Gasteiger charge is -2.26. The molecule has 0 radical (unpaired) electrons. The van der Waals surface area contributed by atoms with Crippen molar-refractivity contribution in [3.05, 3.63) is 47.2 Å². The normalized spacial score (nSPS) is 19.2. The Balaban J connectivity index is 2.31. The lowest BCUT2D eigenvalue weighted by Crippen LogP contribution is -2.19. The molecule has 0 fully saturated rings. The summed E-state index contributed by atoms with van der Waals surface area (Å²) in [7, 11) is 0. The second-order valence-electron chi connectivity index (χ2n) is 4.45. The van der Waals surface area contributed by atoms with Crippen molar-refractivity contribution in [2.45, 2.75) is 32.1 Å². The van der Waals surface area contributed by atoms with E-state index in [2.05, 4.69) is 6.07 Å². The Bertz CT molecular complexity index is 463. The average Bonchev–Trinajstić information content (AvgIpc) is 2.40. The third-order valence-corrected chi connectivity index (χ3v) is 3.40. The summed E-state index contributed by atoms with van der Waals surface area (Å²) >= 11 is 0. The van der Waals surface area contributed by atoms with Gasteiger partial charge in [0.15, 0.2) is 0 Å². The van der Waals surface area contributed by atoms with Crippen molar-refractivity contribution in [2.24, 2.45) is 0 Å². The molecule has 0 heterocycles. The van der Waals surface area contributed by atoms with Gasteiger partial charge in [-0.05, 0) is 37.3 Å². The molecule has 96 valence electrons. The van der Waals surface area contributed by atoms with Crippen molar-refractivity contribution >= 4 is 5.97 Å². The fourth-order valence-corrected chi connectivity index (χ4v) is 2.58. The van der Waals surface area contributed by atoms with Crippen LogP contribution in [0.25, 0.3) is 0 Å². The predicted octanol–water partition coefficient (Wildman–Crippen LogP) is 3.11. The number of aryl methyl sites for hydroxylation is 1. The highest BCUT2D eigenvalue weighted by Gasteiger charge is 2.28. The lowest BCUT2D eigenvalue weighted by atomic mass is 9.79. The van der Waals surface area contributed by atoms with Crippen LogP contribution in [-0.4, -0.2) is 17.7 Å². The van der Waals surface area contributed by atoms with Gasteiger partial charge in [0.05, 0.1) is 18.4 Å². The third kappa shape index (κ3) is 2.40. The van der Waals surface area contributed by atoms with Gasteiger partial charge in [0.25, 0.3) is 0 Å². The van der Waals surface area contributed by atoms with Crippen LogP contribution in [0.1, 0.15) is 36.8 Å². The Morgan fingerprint density at radius 3 is 3.00 bits per heavy atom. The predicted molar refractivity (Wildman–Crippen MR) is 69.5 cm³/mol. The molecule has 0 aliphatic heterocycles. The number of esters is 1. The summed E-state index contributed by atoms with van der Waals surface area (Å²) in [4.78, 5) is 11.8. The second kappa shape index (κ2) is 5.71. The highest BCUT2D eigenvalue weighted by Crippen LogP contribution is 2.36. The van der Waals surface area contributed by atoms with E-state index in [1.165, 1.54) is 5.56 Å². The van der Waals surface area contributed by atoms with Gasteiger partial charge in [-0.2, -0.15) is 0 Å². The molecule has 0 aromatic heterocycles. The third-order valence-electron chi connectivity index (χ3n) is 3.40. The van der Waals surface area contributed by atoms with Gasteiger partial charge < -0.3 is 9.84 Å². The minimum atomic E-state index is -0.415. The maximum absolute atomic E-state index is 11.8. The summed E-state index contributed by atoms with van der Waals surface area (Å²) in [5.41, 5.74) is 2.76. The van der Waals surface area contributed by atoms with E-state index in [-0.39, 0.29) is 5.92 Å². The average molecular weight is 246 g/mol. The van der Waals surface area contributed by atoms with E-state index >= 15 is 0 Å². The van der Waals surface area contributed by atoms with Crippen molar-refractivity contribution in [3.8, 4) is 0 Å². The molecule has 1 aromatic rings. The summed E-state index contributed by atoms with van der Waals surface area (Å²) in [5, 5.41) is 9.34. The zero-order valence-corrected chi connectivity index (χ0v) is 10.6. The maximum atomic E-state index is 11.8. The van der Waals surface area contributed by atoms with E-state index in [9.17, 15) is 9.90 Å². The minimum absolute atomic E-state index is 0.0426. The molecule has 1 atom stereocenters. The Morgan fingerprint density at radius 1 is 1.50 bits per heavy atom. The topological polar surface area (TPSA) is 46.5 Å². The molecule has 1 aromatic carbocycles. The Labute approximate surface area is 107 Å². The number of hydrogen-bond donors (Lipinski definition) is 1. The Hall–Kier alpha value is -1.77. The molecule has 1 N–H and O–H groups in total. The first kappa shape index (κ1) is 12.7. The zero-order chi connectivity index (χ0) is 13.0. The first-order chi connectivity index (χ1) is 8.77. The molecule has 0 spiro atoms. The number of aliphatic hydroxyl groups is 1. The molecule has 1 unspecified atom stereocenters. The Kier molecular flexibility index (Phi) is 4.03. The Morgan fingerprint density at radius 2 is 2.28 bits per heavy atom. The van der Waals surface area contributed by atoms with Crippen LogP contribution in [-0.2, 0) is 16.0 Å². The first-order valence-electron chi connectivity index (χ1n) is 6.37. The van der Waals surface area contributed by atoms with Crippen LogP contribution in [0.15, 0.2) is 36.1 Å². The summed E-state index contributed by atoms with van der Waals surface area (Å²) < 4.78 is 5.00. The SMILES string of the molecule is CCOC(=O)/C(=C/O)C1CCCc2ccccc21. The van der Waals surface area contributed by atoms with E-state index in [4.69, 9.17) is 4.74 Å². The standard InChI is InChI=1S/C15H18O3/c1-2-18-15(17)14(10-16)13-9-5-7-11-6-3-4-8-12(11)13/h3-4,6,8,10,13,16H,2,5,7,9H2,1H3/b14-10+. The maximum Gasteiger partial charge on any atom is 0.337 e. The molecule has 0 saturated heterocycles. The van der Waals surface area contributed by atoms with E-state index in [0.717, 1.165) is 31.1 Å². The van der Waals surface area contributed by atoms with Gasteiger partial charge in [-0.25, -0.2) is 4.79 Å².